The number of rotatable bonds is 3. The summed E-state index contributed by atoms with van der Waals surface area (Å²) in [6.07, 6.45) is 2.30. The Kier molecular flexibility index (Phi) is 4.20. The standard InChI is InChI=1S/C15H17NO4/c1-10-2-4-11(5-3-10)6-7-14(18)16-9-12(17)8-13(16)15(19)20/h2-7,12-13,17H,8-9H2,1H3,(H,19,20)/b7-6+. The molecule has 0 spiro atoms. The predicted octanol–water partition coefficient (Wildman–Crippen LogP) is 1.05. The van der Waals surface area contributed by atoms with Crippen LogP contribution in [0.1, 0.15) is 17.5 Å². The van der Waals surface area contributed by atoms with Gasteiger partial charge in [0.15, 0.2) is 0 Å². The molecule has 1 aromatic carbocycles. The summed E-state index contributed by atoms with van der Waals surface area (Å²) in [5.74, 6) is -1.48. The van der Waals surface area contributed by atoms with Gasteiger partial charge in [-0.3, -0.25) is 4.79 Å². The molecule has 0 aromatic heterocycles. The van der Waals surface area contributed by atoms with Crippen molar-refractivity contribution in [3.8, 4) is 0 Å². The van der Waals surface area contributed by atoms with Crippen molar-refractivity contribution in [2.75, 3.05) is 6.54 Å². The molecular weight excluding hydrogens is 258 g/mol. The molecule has 1 saturated heterocycles. The van der Waals surface area contributed by atoms with Gasteiger partial charge in [0, 0.05) is 19.0 Å². The number of likely N-dealkylation sites (tertiary alicyclic amines) is 1. The zero-order valence-corrected chi connectivity index (χ0v) is 11.2. The summed E-state index contributed by atoms with van der Waals surface area (Å²) < 4.78 is 0. The van der Waals surface area contributed by atoms with Gasteiger partial charge in [0.2, 0.25) is 5.91 Å². The minimum Gasteiger partial charge on any atom is -0.480 e. The van der Waals surface area contributed by atoms with Gasteiger partial charge in [-0.2, -0.15) is 0 Å². The number of aryl methyl sites for hydroxylation is 1. The SMILES string of the molecule is Cc1ccc(/C=C/C(=O)N2CC(O)CC2C(=O)O)cc1. The fraction of sp³-hybridized carbons (Fsp3) is 0.333. The molecule has 2 unspecified atom stereocenters. The van der Waals surface area contributed by atoms with Crippen LogP contribution in [0, 0.1) is 6.92 Å². The number of hydrogen-bond acceptors (Lipinski definition) is 3. The number of carboxylic acids is 1. The van der Waals surface area contributed by atoms with E-state index in [-0.39, 0.29) is 13.0 Å². The normalized spacial score (nSPS) is 22.4. The second-order valence-electron chi connectivity index (χ2n) is 4.98. The molecule has 2 N–H and O–H groups in total. The Morgan fingerprint density at radius 3 is 2.55 bits per heavy atom. The van der Waals surface area contributed by atoms with E-state index in [2.05, 4.69) is 0 Å². The van der Waals surface area contributed by atoms with Crippen molar-refractivity contribution in [1.29, 1.82) is 0 Å². The molecule has 1 aliphatic heterocycles. The lowest BCUT2D eigenvalue weighted by molar-refractivity contribution is -0.146. The smallest absolute Gasteiger partial charge is 0.326 e. The minimum atomic E-state index is -1.08. The second-order valence-corrected chi connectivity index (χ2v) is 4.98. The fourth-order valence-corrected chi connectivity index (χ4v) is 2.23. The van der Waals surface area contributed by atoms with E-state index >= 15 is 0 Å². The van der Waals surface area contributed by atoms with Crippen LogP contribution in [-0.2, 0) is 9.59 Å². The van der Waals surface area contributed by atoms with Crippen molar-refractivity contribution in [3.63, 3.8) is 0 Å². The first-order valence-electron chi connectivity index (χ1n) is 6.43. The number of nitrogens with zero attached hydrogens (tertiary/aromatic N) is 1. The van der Waals surface area contributed by atoms with Crippen molar-refractivity contribution in [1.82, 2.24) is 4.90 Å². The summed E-state index contributed by atoms with van der Waals surface area (Å²) in [5.41, 5.74) is 2.00. The third-order valence-corrected chi connectivity index (χ3v) is 3.34. The zero-order chi connectivity index (χ0) is 14.7. The molecule has 0 bridgehead atoms. The molecule has 106 valence electrons. The van der Waals surface area contributed by atoms with Gasteiger partial charge in [0.1, 0.15) is 6.04 Å². The van der Waals surface area contributed by atoms with E-state index < -0.39 is 24.0 Å². The van der Waals surface area contributed by atoms with Crippen LogP contribution in [0.5, 0.6) is 0 Å². The van der Waals surface area contributed by atoms with E-state index in [1.807, 2.05) is 31.2 Å². The molecule has 0 radical (unpaired) electrons. The van der Waals surface area contributed by atoms with Crippen molar-refractivity contribution < 1.29 is 19.8 Å². The van der Waals surface area contributed by atoms with Gasteiger partial charge in [0.25, 0.3) is 0 Å². The summed E-state index contributed by atoms with van der Waals surface area (Å²) in [6, 6.07) is 6.69. The van der Waals surface area contributed by atoms with Crippen LogP contribution < -0.4 is 0 Å². The first-order valence-corrected chi connectivity index (χ1v) is 6.43. The molecule has 1 aliphatic rings. The number of β-amino-alcohol motifs (C(OH)–C–C–N with tert-alkyl or cyclic N) is 1. The van der Waals surface area contributed by atoms with Crippen LogP contribution >= 0.6 is 0 Å². The van der Waals surface area contributed by atoms with Crippen molar-refractivity contribution >= 4 is 18.0 Å². The molecule has 2 atom stereocenters. The number of carbonyl (C=O) groups excluding carboxylic acids is 1. The van der Waals surface area contributed by atoms with Gasteiger partial charge >= 0.3 is 5.97 Å². The summed E-state index contributed by atoms with van der Waals surface area (Å²) in [6.45, 7) is 2.04. The Bertz CT molecular complexity index is 535. The number of aliphatic hydroxyl groups is 1. The monoisotopic (exact) mass is 275 g/mol. The molecular formula is C15H17NO4. The Morgan fingerprint density at radius 1 is 1.30 bits per heavy atom. The highest BCUT2D eigenvalue weighted by Crippen LogP contribution is 2.19. The number of hydrogen-bond donors (Lipinski definition) is 2. The quantitative estimate of drug-likeness (QED) is 0.808. The third-order valence-electron chi connectivity index (χ3n) is 3.34. The lowest BCUT2D eigenvalue weighted by Gasteiger charge is -2.19. The number of carbonyl (C=O) groups is 2. The molecule has 5 nitrogen and oxygen atoms in total. The molecule has 1 amide bonds. The highest BCUT2D eigenvalue weighted by Gasteiger charge is 2.37. The van der Waals surface area contributed by atoms with E-state index in [4.69, 9.17) is 5.11 Å². The van der Waals surface area contributed by atoms with Gasteiger partial charge < -0.3 is 15.1 Å². The largest absolute Gasteiger partial charge is 0.480 e. The Labute approximate surface area is 117 Å². The van der Waals surface area contributed by atoms with E-state index in [9.17, 15) is 14.7 Å². The fourth-order valence-electron chi connectivity index (χ4n) is 2.23. The molecule has 1 heterocycles. The van der Waals surface area contributed by atoms with Crippen molar-refractivity contribution in [3.05, 3.63) is 41.5 Å². The van der Waals surface area contributed by atoms with Gasteiger partial charge in [-0.1, -0.05) is 29.8 Å². The summed E-state index contributed by atoms with van der Waals surface area (Å²) in [7, 11) is 0. The molecule has 5 heteroatoms. The topological polar surface area (TPSA) is 77.8 Å². The Balaban J connectivity index is 2.07. The Hall–Kier alpha value is -2.14. The number of amides is 1. The Morgan fingerprint density at radius 2 is 1.95 bits per heavy atom. The minimum absolute atomic E-state index is 0.0635. The number of aliphatic carboxylic acids is 1. The lowest BCUT2D eigenvalue weighted by Crippen LogP contribution is -2.39. The van der Waals surface area contributed by atoms with Crippen LogP contribution in [0.15, 0.2) is 30.3 Å². The molecule has 20 heavy (non-hydrogen) atoms. The summed E-state index contributed by atoms with van der Waals surface area (Å²) in [4.78, 5) is 24.2. The van der Waals surface area contributed by atoms with E-state index in [0.29, 0.717) is 0 Å². The van der Waals surface area contributed by atoms with Crippen LogP contribution in [0.25, 0.3) is 6.08 Å². The third kappa shape index (κ3) is 3.24. The molecule has 0 aliphatic carbocycles. The summed E-state index contributed by atoms with van der Waals surface area (Å²) in [5, 5.41) is 18.5. The van der Waals surface area contributed by atoms with Gasteiger partial charge in [-0.05, 0) is 18.6 Å². The molecule has 2 rings (SSSR count). The maximum atomic E-state index is 12.0. The molecule has 0 saturated carbocycles. The van der Waals surface area contributed by atoms with E-state index in [0.717, 1.165) is 11.1 Å². The van der Waals surface area contributed by atoms with Crippen molar-refractivity contribution in [2.45, 2.75) is 25.5 Å². The number of benzene rings is 1. The maximum absolute atomic E-state index is 12.0. The first kappa shape index (κ1) is 14.3. The summed E-state index contributed by atoms with van der Waals surface area (Å²) >= 11 is 0. The van der Waals surface area contributed by atoms with Crippen LogP contribution in [-0.4, -0.2) is 45.7 Å². The average Bonchev–Trinajstić information content (AvgIpc) is 2.80. The molecule has 1 aromatic rings. The van der Waals surface area contributed by atoms with Gasteiger partial charge in [0.05, 0.1) is 6.10 Å². The lowest BCUT2D eigenvalue weighted by atomic mass is 10.1. The second kappa shape index (κ2) is 5.88. The highest BCUT2D eigenvalue weighted by molar-refractivity contribution is 5.94. The van der Waals surface area contributed by atoms with Crippen molar-refractivity contribution in [2.24, 2.45) is 0 Å². The van der Waals surface area contributed by atoms with Crippen LogP contribution in [0.2, 0.25) is 0 Å². The van der Waals surface area contributed by atoms with Crippen LogP contribution in [0.3, 0.4) is 0 Å². The number of carboxylic acid groups (broad SMARTS) is 1. The highest BCUT2D eigenvalue weighted by atomic mass is 16.4. The zero-order valence-electron chi connectivity index (χ0n) is 11.2. The number of aliphatic hydroxyl groups excluding tert-OH is 1. The van der Waals surface area contributed by atoms with Gasteiger partial charge in [-0.25, -0.2) is 4.79 Å². The van der Waals surface area contributed by atoms with E-state index in [1.165, 1.54) is 11.0 Å². The first-order chi connectivity index (χ1) is 9.47. The molecule has 1 fully saturated rings. The predicted molar refractivity (Wildman–Crippen MR) is 74.0 cm³/mol. The van der Waals surface area contributed by atoms with E-state index in [1.54, 1.807) is 6.08 Å². The van der Waals surface area contributed by atoms with Gasteiger partial charge in [-0.15, -0.1) is 0 Å². The average molecular weight is 275 g/mol. The van der Waals surface area contributed by atoms with Crippen LogP contribution in [0.4, 0.5) is 0 Å². The maximum Gasteiger partial charge on any atom is 0.326 e.